The molecule has 2 amide bonds. The summed E-state index contributed by atoms with van der Waals surface area (Å²) in [4.78, 5) is 26.4. The highest BCUT2D eigenvalue weighted by Gasteiger charge is 2.52. The SMILES string of the molecule is CC(C)(C)OC(=O)N1CC[C@]2(C1)C(=O)Nc1ccc(Br)cc12. The summed E-state index contributed by atoms with van der Waals surface area (Å²) < 4.78 is 6.35. The molecule has 1 atom stereocenters. The second-order valence-electron chi connectivity index (χ2n) is 6.88. The van der Waals surface area contributed by atoms with Crippen molar-refractivity contribution in [1.29, 1.82) is 0 Å². The van der Waals surface area contributed by atoms with E-state index < -0.39 is 11.0 Å². The Morgan fingerprint density at radius 1 is 1.41 bits per heavy atom. The Hall–Kier alpha value is -1.56. The van der Waals surface area contributed by atoms with E-state index in [1.165, 1.54) is 0 Å². The van der Waals surface area contributed by atoms with Crippen molar-refractivity contribution in [2.75, 3.05) is 18.4 Å². The topological polar surface area (TPSA) is 58.6 Å². The summed E-state index contributed by atoms with van der Waals surface area (Å²) >= 11 is 3.45. The summed E-state index contributed by atoms with van der Waals surface area (Å²) in [5.41, 5.74) is 0.596. The molecule has 2 aliphatic rings. The number of carbonyl (C=O) groups is 2. The molecule has 2 heterocycles. The van der Waals surface area contributed by atoms with Gasteiger partial charge in [-0.3, -0.25) is 4.79 Å². The molecule has 3 rings (SSSR count). The number of nitrogens with one attached hydrogen (secondary N) is 1. The van der Waals surface area contributed by atoms with Gasteiger partial charge in [-0.05, 0) is 51.0 Å². The van der Waals surface area contributed by atoms with E-state index in [1.807, 2.05) is 39.0 Å². The van der Waals surface area contributed by atoms with Crippen molar-refractivity contribution < 1.29 is 14.3 Å². The van der Waals surface area contributed by atoms with E-state index in [0.29, 0.717) is 19.5 Å². The fourth-order valence-electron chi connectivity index (χ4n) is 3.08. The van der Waals surface area contributed by atoms with E-state index >= 15 is 0 Å². The quantitative estimate of drug-likeness (QED) is 0.766. The minimum absolute atomic E-state index is 0.0355. The van der Waals surface area contributed by atoms with E-state index in [4.69, 9.17) is 4.74 Å². The van der Waals surface area contributed by atoms with Gasteiger partial charge in [-0.25, -0.2) is 4.79 Å². The lowest BCUT2D eigenvalue weighted by molar-refractivity contribution is -0.120. The molecule has 1 saturated heterocycles. The average Bonchev–Trinajstić information content (AvgIpc) is 2.94. The molecule has 5 nitrogen and oxygen atoms in total. The first-order valence-electron chi connectivity index (χ1n) is 7.31. The molecule has 0 radical (unpaired) electrons. The second kappa shape index (κ2) is 4.98. The van der Waals surface area contributed by atoms with E-state index in [9.17, 15) is 9.59 Å². The van der Waals surface area contributed by atoms with E-state index in [0.717, 1.165) is 15.7 Å². The van der Waals surface area contributed by atoms with E-state index in [-0.39, 0.29) is 12.0 Å². The largest absolute Gasteiger partial charge is 0.444 e. The number of amides is 2. The lowest BCUT2D eigenvalue weighted by Crippen LogP contribution is -2.41. The zero-order valence-electron chi connectivity index (χ0n) is 12.9. The van der Waals surface area contributed by atoms with Gasteiger partial charge in [0.05, 0.1) is 5.41 Å². The minimum Gasteiger partial charge on any atom is -0.444 e. The van der Waals surface area contributed by atoms with Gasteiger partial charge in [-0.15, -0.1) is 0 Å². The smallest absolute Gasteiger partial charge is 0.410 e. The highest BCUT2D eigenvalue weighted by atomic mass is 79.9. The van der Waals surface area contributed by atoms with Crippen LogP contribution in [0.25, 0.3) is 0 Å². The molecule has 0 aromatic heterocycles. The Bertz CT molecular complexity index is 653. The van der Waals surface area contributed by atoms with Crippen LogP contribution in [-0.4, -0.2) is 35.6 Å². The molecule has 1 aromatic carbocycles. The van der Waals surface area contributed by atoms with Crippen LogP contribution in [0.15, 0.2) is 22.7 Å². The minimum atomic E-state index is -0.657. The molecule has 6 heteroatoms. The first-order valence-corrected chi connectivity index (χ1v) is 8.10. The number of rotatable bonds is 0. The molecule has 1 fully saturated rings. The Morgan fingerprint density at radius 3 is 2.82 bits per heavy atom. The molecule has 0 saturated carbocycles. The van der Waals surface area contributed by atoms with Crippen LogP contribution in [0, 0.1) is 0 Å². The summed E-state index contributed by atoms with van der Waals surface area (Å²) in [6, 6.07) is 5.76. The fourth-order valence-corrected chi connectivity index (χ4v) is 3.44. The summed E-state index contributed by atoms with van der Waals surface area (Å²) in [6.07, 6.45) is 0.252. The van der Waals surface area contributed by atoms with Crippen molar-refractivity contribution in [3.8, 4) is 0 Å². The third-order valence-corrected chi connectivity index (χ3v) is 4.59. The Morgan fingerprint density at radius 2 is 2.14 bits per heavy atom. The molecular formula is C16H19BrN2O3. The maximum Gasteiger partial charge on any atom is 0.410 e. The highest BCUT2D eigenvalue weighted by Crippen LogP contribution is 2.45. The van der Waals surface area contributed by atoms with Gasteiger partial charge in [-0.1, -0.05) is 15.9 Å². The van der Waals surface area contributed by atoms with Gasteiger partial charge in [0.2, 0.25) is 5.91 Å². The first-order chi connectivity index (χ1) is 10.2. The maximum atomic E-state index is 12.5. The van der Waals surface area contributed by atoms with Gasteiger partial charge in [0.25, 0.3) is 0 Å². The van der Waals surface area contributed by atoms with Gasteiger partial charge in [0.15, 0.2) is 0 Å². The number of carbonyl (C=O) groups excluding carboxylic acids is 2. The Kier molecular flexibility index (Phi) is 3.47. The number of benzene rings is 1. The van der Waals surface area contributed by atoms with Crippen molar-refractivity contribution in [3.63, 3.8) is 0 Å². The van der Waals surface area contributed by atoms with Crippen LogP contribution in [0.1, 0.15) is 32.8 Å². The average molecular weight is 367 g/mol. The van der Waals surface area contributed by atoms with Crippen molar-refractivity contribution in [3.05, 3.63) is 28.2 Å². The zero-order valence-corrected chi connectivity index (χ0v) is 14.5. The summed E-state index contributed by atoms with van der Waals surface area (Å²) in [6.45, 7) is 6.40. The summed E-state index contributed by atoms with van der Waals surface area (Å²) in [7, 11) is 0. The predicted molar refractivity (Wildman–Crippen MR) is 86.9 cm³/mol. The van der Waals surface area contributed by atoms with E-state index in [2.05, 4.69) is 21.2 Å². The molecule has 0 aliphatic carbocycles. The molecule has 1 spiro atoms. The lowest BCUT2D eigenvalue weighted by Gasteiger charge is -2.26. The molecule has 2 aliphatic heterocycles. The molecule has 0 unspecified atom stereocenters. The predicted octanol–water partition coefficient (Wildman–Crippen LogP) is 3.28. The number of anilines is 1. The number of likely N-dealkylation sites (tertiary alicyclic amines) is 1. The molecule has 0 bridgehead atoms. The van der Waals surface area contributed by atoms with Crippen molar-refractivity contribution in [1.82, 2.24) is 4.90 Å². The van der Waals surface area contributed by atoms with Crippen molar-refractivity contribution in [2.24, 2.45) is 0 Å². The molecule has 118 valence electrons. The van der Waals surface area contributed by atoms with Gasteiger partial charge in [0, 0.05) is 23.2 Å². The number of halogens is 1. The molecular weight excluding hydrogens is 348 g/mol. The number of ether oxygens (including phenoxy) is 1. The Labute approximate surface area is 138 Å². The second-order valence-corrected chi connectivity index (χ2v) is 7.79. The third kappa shape index (κ3) is 2.49. The standard InChI is InChI=1S/C16H19BrN2O3/c1-15(2,3)22-14(21)19-7-6-16(9-19)11-8-10(17)4-5-12(11)18-13(16)20/h4-5,8H,6-7,9H2,1-3H3,(H,18,20)/t16-/m1/s1. The lowest BCUT2D eigenvalue weighted by atomic mass is 9.81. The van der Waals surface area contributed by atoms with Crippen LogP contribution in [0.4, 0.5) is 10.5 Å². The van der Waals surface area contributed by atoms with Crippen LogP contribution in [-0.2, 0) is 14.9 Å². The van der Waals surface area contributed by atoms with Gasteiger partial charge in [0.1, 0.15) is 5.60 Å². The van der Waals surface area contributed by atoms with Crippen LogP contribution < -0.4 is 5.32 Å². The fraction of sp³-hybridized carbons (Fsp3) is 0.500. The summed E-state index contributed by atoms with van der Waals surface area (Å²) in [5, 5.41) is 2.93. The number of nitrogens with zero attached hydrogens (tertiary/aromatic N) is 1. The first kappa shape index (κ1) is 15.3. The normalized spacial score (nSPS) is 23.6. The van der Waals surface area contributed by atoms with Crippen LogP contribution in [0.3, 0.4) is 0 Å². The van der Waals surface area contributed by atoms with Gasteiger partial charge in [-0.2, -0.15) is 0 Å². The monoisotopic (exact) mass is 366 g/mol. The maximum absolute atomic E-state index is 12.5. The number of fused-ring (bicyclic) bond motifs is 2. The molecule has 22 heavy (non-hydrogen) atoms. The molecule has 1 aromatic rings. The summed E-state index contributed by atoms with van der Waals surface area (Å²) in [5.74, 6) is -0.0355. The van der Waals surface area contributed by atoms with Crippen molar-refractivity contribution in [2.45, 2.75) is 38.2 Å². The number of hydrogen-bond acceptors (Lipinski definition) is 3. The van der Waals surface area contributed by atoms with Crippen LogP contribution >= 0.6 is 15.9 Å². The zero-order chi connectivity index (χ0) is 16.1. The van der Waals surface area contributed by atoms with E-state index in [1.54, 1.807) is 4.90 Å². The van der Waals surface area contributed by atoms with Crippen LogP contribution in [0.5, 0.6) is 0 Å². The van der Waals surface area contributed by atoms with Crippen LogP contribution in [0.2, 0.25) is 0 Å². The Balaban J connectivity index is 1.87. The number of hydrogen-bond donors (Lipinski definition) is 1. The van der Waals surface area contributed by atoms with Gasteiger partial charge >= 0.3 is 6.09 Å². The van der Waals surface area contributed by atoms with Gasteiger partial charge < -0.3 is 15.0 Å². The van der Waals surface area contributed by atoms with Crippen molar-refractivity contribution >= 4 is 33.6 Å². The third-order valence-electron chi connectivity index (χ3n) is 4.10. The highest BCUT2D eigenvalue weighted by molar-refractivity contribution is 9.10. The molecule has 1 N–H and O–H groups in total.